The van der Waals surface area contributed by atoms with Crippen molar-refractivity contribution in [2.45, 2.75) is 6.61 Å². The Morgan fingerprint density at radius 1 is 1.19 bits per heavy atom. The Hall–Kier alpha value is -4.04. The lowest BCUT2D eigenvalue weighted by atomic mass is 10.3. The number of aromatic amines is 1. The highest BCUT2D eigenvalue weighted by atomic mass is 16.5. The van der Waals surface area contributed by atoms with E-state index in [0.29, 0.717) is 23.0 Å². The summed E-state index contributed by atoms with van der Waals surface area (Å²) in [6.45, 7) is 0.253. The zero-order valence-corrected chi connectivity index (χ0v) is 13.9. The first-order valence-corrected chi connectivity index (χ1v) is 7.62. The van der Waals surface area contributed by atoms with Gasteiger partial charge in [0.1, 0.15) is 24.6 Å². The monoisotopic (exact) mass is 346 g/mol. The summed E-state index contributed by atoms with van der Waals surface area (Å²) in [5, 5.41) is 21.1. The van der Waals surface area contributed by atoms with Crippen LogP contribution in [0.4, 0.5) is 5.69 Å². The van der Waals surface area contributed by atoms with Crippen molar-refractivity contribution in [3.8, 4) is 23.6 Å². The number of ether oxygens (including phenoxy) is 2. The van der Waals surface area contributed by atoms with Crippen LogP contribution in [-0.2, 0) is 6.61 Å². The lowest BCUT2D eigenvalue weighted by Gasteiger charge is -2.11. The standard InChI is InChI=1S/C18H14N6O2/c1-25-17-8-12(23-24-13(9-19)10-20)6-7-16(17)26-11-18-21-14-4-2-3-5-15(14)22-18/h2-8,23H,11H2,1H3,(H,21,22). The number of nitrogens with zero attached hydrogens (tertiary/aromatic N) is 4. The molecule has 0 saturated carbocycles. The van der Waals surface area contributed by atoms with Gasteiger partial charge in [-0.05, 0) is 24.3 Å². The van der Waals surface area contributed by atoms with E-state index in [1.807, 2.05) is 24.3 Å². The normalized spacial score (nSPS) is 9.81. The molecule has 0 spiro atoms. The summed E-state index contributed by atoms with van der Waals surface area (Å²) < 4.78 is 11.1. The predicted molar refractivity (Wildman–Crippen MR) is 95.7 cm³/mol. The van der Waals surface area contributed by atoms with Crippen LogP contribution in [0.25, 0.3) is 11.0 Å². The Morgan fingerprint density at radius 3 is 2.73 bits per heavy atom. The first-order valence-electron chi connectivity index (χ1n) is 7.62. The molecule has 3 rings (SSSR count). The van der Waals surface area contributed by atoms with Gasteiger partial charge in [0.05, 0.1) is 23.8 Å². The Morgan fingerprint density at radius 2 is 2.00 bits per heavy atom. The van der Waals surface area contributed by atoms with Crippen molar-refractivity contribution in [3.05, 3.63) is 48.3 Å². The molecule has 1 heterocycles. The van der Waals surface area contributed by atoms with E-state index in [4.69, 9.17) is 20.0 Å². The van der Waals surface area contributed by atoms with Gasteiger partial charge in [0, 0.05) is 6.07 Å². The predicted octanol–water partition coefficient (Wildman–Crippen LogP) is 2.97. The molecule has 0 fully saturated rings. The first-order chi connectivity index (χ1) is 12.7. The maximum Gasteiger partial charge on any atom is 0.237 e. The van der Waals surface area contributed by atoms with Gasteiger partial charge in [-0.3, -0.25) is 5.43 Å². The number of rotatable bonds is 6. The highest BCUT2D eigenvalue weighted by molar-refractivity contribution is 6.10. The van der Waals surface area contributed by atoms with E-state index in [1.165, 1.54) is 7.11 Å². The van der Waals surface area contributed by atoms with Crippen molar-refractivity contribution in [2.75, 3.05) is 12.5 Å². The fourth-order valence-electron chi connectivity index (χ4n) is 2.27. The number of methoxy groups -OCH3 is 1. The lowest BCUT2D eigenvalue weighted by Crippen LogP contribution is -2.01. The summed E-state index contributed by atoms with van der Waals surface area (Å²) in [5.74, 6) is 1.72. The summed E-state index contributed by atoms with van der Waals surface area (Å²) in [7, 11) is 1.52. The number of fused-ring (bicyclic) bond motifs is 1. The number of hydrogen-bond donors (Lipinski definition) is 2. The highest BCUT2D eigenvalue weighted by Gasteiger charge is 2.08. The van der Waals surface area contributed by atoms with Crippen LogP contribution in [-0.4, -0.2) is 22.8 Å². The Bertz CT molecular complexity index is 993. The fraction of sp³-hybridized carbons (Fsp3) is 0.111. The molecule has 2 aromatic carbocycles. The second-order valence-corrected chi connectivity index (χ2v) is 5.15. The van der Waals surface area contributed by atoms with E-state index in [9.17, 15) is 0 Å². The Labute approximate surface area is 149 Å². The van der Waals surface area contributed by atoms with Gasteiger partial charge >= 0.3 is 0 Å². The molecule has 8 heteroatoms. The number of imidazole rings is 1. The summed E-state index contributed by atoms with van der Waals surface area (Å²) in [6.07, 6.45) is 0. The third-order valence-corrected chi connectivity index (χ3v) is 3.48. The van der Waals surface area contributed by atoms with Crippen molar-refractivity contribution >= 4 is 22.4 Å². The molecule has 0 unspecified atom stereocenters. The van der Waals surface area contributed by atoms with Crippen molar-refractivity contribution in [1.29, 1.82) is 10.5 Å². The van der Waals surface area contributed by atoms with Crippen LogP contribution in [0.1, 0.15) is 5.82 Å². The van der Waals surface area contributed by atoms with E-state index in [-0.39, 0.29) is 12.3 Å². The van der Waals surface area contributed by atoms with E-state index >= 15 is 0 Å². The molecule has 0 radical (unpaired) electrons. The Balaban J connectivity index is 1.72. The average Bonchev–Trinajstić information content (AvgIpc) is 3.10. The zero-order valence-electron chi connectivity index (χ0n) is 13.9. The van der Waals surface area contributed by atoms with Crippen LogP contribution in [0.15, 0.2) is 47.6 Å². The molecule has 0 saturated heterocycles. The molecule has 1 aromatic heterocycles. The van der Waals surface area contributed by atoms with Crippen LogP contribution < -0.4 is 14.9 Å². The van der Waals surface area contributed by atoms with Crippen molar-refractivity contribution in [1.82, 2.24) is 9.97 Å². The van der Waals surface area contributed by atoms with Crippen LogP contribution in [0, 0.1) is 22.7 Å². The van der Waals surface area contributed by atoms with Crippen LogP contribution in [0.2, 0.25) is 0 Å². The van der Waals surface area contributed by atoms with Gasteiger partial charge in [-0.25, -0.2) is 4.98 Å². The molecule has 0 bridgehead atoms. The molecule has 0 aliphatic carbocycles. The van der Waals surface area contributed by atoms with Gasteiger partial charge in [0.25, 0.3) is 0 Å². The topological polar surface area (TPSA) is 119 Å². The third-order valence-electron chi connectivity index (χ3n) is 3.48. The number of aromatic nitrogens is 2. The third kappa shape index (κ3) is 3.71. The molecular weight excluding hydrogens is 332 g/mol. The number of H-pyrrole nitrogens is 1. The minimum absolute atomic E-state index is 0.253. The molecule has 8 nitrogen and oxygen atoms in total. The van der Waals surface area contributed by atoms with Crippen molar-refractivity contribution in [2.24, 2.45) is 5.10 Å². The average molecular weight is 346 g/mol. The summed E-state index contributed by atoms with van der Waals surface area (Å²) in [4.78, 5) is 7.65. The maximum absolute atomic E-state index is 8.68. The quantitative estimate of drug-likeness (QED) is 0.523. The minimum atomic E-state index is -0.269. The number of nitrogens with one attached hydrogen (secondary N) is 2. The van der Waals surface area contributed by atoms with Crippen LogP contribution in [0.3, 0.4) is 0 Å². The maximum atomic E-state index is 8.68. The zero-order chi connectivity index (χ0) is 18.4. The van der Waals surface area contributed by atoms with Crippen molar-refractivity contribution in [3.63, 3.8) is 0 Å². The molecule has 0 aliphatic heterocycles. The lowest BCUT2D eigenvalue weighted by molar-refractivity contribution is 0.278. The van der Waals surface area contributed by atoms with Gasteiger partial charge in [-0.15, -0.1) is 0 Å². The van der Waals surface area contributed by atoms with E-state index in [1.54, 1.807) is 30.3 Å². The SMILES string of the molecule is COc1cc(NN=C(C#N)C#N)ccc1OCc1nc2ccccc2[nH]1. The number of hydrazone groups is 1. The molecule has 128 valence electrons. The number of anilines is 1. The molecular formula is C18H14N6O2. The summed E-state index contributed by atoms with van der Waals surface area (Å²) in [6, 6.07) is 16.1. The van der Waals surface area contributed by atoms with Gasteiger partial charge in [0.15, 0.2) is 11.5 Å². The molecule has 0 atom stereocenters. The number of benzene rings is 2. The number of para-hydroxylation sites is 2. The number of nitriles is 2. The van der Waals surface area contributed by atoms with E-state index in [2.05, 4.69) is 20.5 Å². The Kier molecular flexibility index (Phi) is 4.97. The van der Waals surface area contributed by atoms with E-state index < -0.39 is 0 Å². The summed E-state index contributed by atoms with van der Waals surface area (Å²) in [5.41, 5.74) is 4.74. The van der Waals surface area contributed by atoms with Gasteiger partial charge in [-0.1, -0.05) is 12.1 Å². The minimum Gasteiger partial charge on any atom is -0.493 e. The first kappa shape index (κ1) is 16.8. The largest absolute Gasteiger partial charge is 0.493 e. The van der Waals surface area contributed by atoms with Gasteiger partial charge in [-0.2, -0.15) is 15.6 Å². The molecule has 0 amide bonds. The molecule has 2 N–H and O–H groups in total. The fourth-order valence-corrected chi connectivity index (χ4v) is 2.27. The van der Waals surface area contributed by atoms with E-state index in [0.717, 1.165) is 11.0 Å². The highest BCUT2D eigenvalue weighted by Crippen LogP contribution is 2.30. The smallest absolute Gasteiger partial charge is 0.237 e. The molecule has 0 aliphatic rings. The van der Waals surface area contributed by atoms with Crippen LogP contribution in [0.5, 0.6) is 11.5 Å². The van der Waals surface area contributed by atoms with Crippen molar-refractivity contribution < 1.29 is 9.47 Å². The summed E-state index contributed by atoms with van der Waals surface area (Å²) >= 11 is 0. The number of hydrogen-bond acceptors (Lipinski definition) is 7. The van der Waals surface area contributed by atoms with Gasteiger partial charge < -0.3 is 14.5 Å². The molecule has 3 aromatic rings. The van der Waals surface area contributed by atoms with Crippen LogP contribution >= 0.6 is 0 Å². The van der Waals surface area contributed by atoms with Gasteiger partial charge in [0.2, 0.25) is 5.71 Å². The second kappa shape index (κ2) is 7.69. The second-order valence-electron chi connectivity index (χ2n) is 5.15. The molecule has 26 heavy (non-hydrogen) atoms.